The van der Waals surface area contributed by atoms with Gasteiger partial charge in [-0.05, 0) is 17.5 Å². The van der Waals surface area contributed by atoms with Crippen LogP contribution in [0.5, 0.6) is 0 Å². The Kier molecular flexibility index (Phi) is 4.05. The highest BCUT2D eigenvalue weighted by Gasteiger charge is 2.03. The summed E-state index contributed by atoms with van der Waals surface area (Å²) in [7, 11) is 1.32. The molecule has 1 rings (SSSR count). The van der Waals surface area contributed by atoms with E-state index in [1.54, 1.807) is 12.1 Å². The van der Waals surface area contributed by atoms with Gasteiger partial charge in [0.2, 0.25) is 5.91 Å². The average Bonchev–Trinajstić information content (AvgIpc) is 2.61. The number of thiophene rings is 1. The van der Waals surface area contributed by atoms with Gasteiger partial charge >= 0.3 is 5.97 Å². The molecule has 0 aliphatic heterocycles. The van der Waals surface area contributed by atoms with Crippen LogP contribution >= 0.6 is 11.3 Å². The van der Waals surface area contributed by atoms with E-state index in [-0.39, 0.29) is 5.91 Å². The minimum atomic E-state index is -0.419. The molecule has 4 nitrogen and oxygen atoms in total. The monoisotopic (exact) mass is 225 g/mol. The number of ether oxygens (including phenoxy) is 1. The molecule has 0 unspecified atom stereocenters. The van der Waals surface area contributed by atoms with Crippen molar-refractivity contribution in [2.45, 2.75) is 6.92 Å². The Bertz CT molecular complexity index is 395. The van der Waals surface area contributed by atoms with Gasteiger partial charge in [0.1, 0.15) is 0 Å². The second-order valence-corrected chi connectivity index (χ2v) is 3.68. The molecule has 1 aromatic heterocycles. The summed E-state index contributed by atoms with van der Waals surface area (Å²) < 4.78 is 4.46. The fraction of sp³-hybridized carbons (Fsp3) is 0.200. The normalized spacial score (nSPS) is 10.3. The van der Waals surface area contributed by atoms with Gasteiger partial charge in [-0.2, -0.15) is 0 Å². The third-order valence-electron chi connectivity index (χ3n) is 1.58. The predicted molar refractivity (Wildman–Crippen MR) is 59.7 cm³/mol. The van der Waals surface area contributed by atoms with Crippen LogP contribution in [0.25, 0.3) is 6.08 Å². The molecule has 0 fully saturated rings. The molecule has 0 saturated heterocycles. The van der Waals surface area contributed by atoms with Gasteiger partial charge in [-0.25, -0.2) is 4.79 Å². The first-order valence-electron chi connectivity index (χ1n) is 4.24. The van der Waals surface area contributed by atoms with Crippen molar-refractivity contribution < 1.29 is 14.3 Å². The molecular formula is C10H11NO3S. The van der Waals surface area contributed by atoms with Crippen molar-refractivity contribution in [3.05, 3.63) is 22.4 Å². The Balaban J connectivity index is 2.77. The largest absolute Gasteiger partial charge is 0.466 e. The van der Waals surface area contributed by atoms with Crippen LogP contribution in [0.15, 0.2) is 17.5 Å². The summed E-state index contributed by atoms with van der Waals surface area (Å²) in [4.78, 5) is 22.5. The molecule has 1 aromatic rings. The number of carbonyl (C=O) groups is 2. The highest BCUT2D eigenvalue weighted by atomic mass is 32.1. The van der Waals surface area contributed by atoms with E-state index in [2.05, 4.69) is 10.1 Å². The van der Waals surface area contributed by atoms with Gasteiger partial charge in [0.25, 0.3) is 0 Å². The number of carbonyl (C=O) groups excluding carboxylic acids is 2. The van der Waals surface area contributed by atoms with E-state index in [0.717, 1.165) is 4.88 Å². The summed E-state index contributed by atoms with van der Waals surface area (Å²) in [6.45, 7) is 1.44. The molecule has 0 saturated carbocycles. The number of amides is 1. The maximum Gasteiger partial charge on any atom is 0.330 e. The van der Waals surface area contributed by atoms with Gasteiger partial charge in [0, 0.05) is 13.0 Å². The molecule has 0 bridgehead atoms. The lowest BCUT2D eigenvalue weighted by atomic mass is 10.3. The number of hydrogen-bond acceptors (Lipinski definition) is 4. The van der Waals surface area contributed by atoms with Gasteiger partial charge in [-0.1, -0.05) is 0 Å². The zero-order valence-electron chi connectivity index (χ0n) is 8.44. The van der Waals surface area contributed by atoms with Crippen LogP contribution in [-0.4, -0.2) is 19.0 Å². The summed E-state index contributed by atoms with van der Waals surface area (Å²) in [5, 5.41) is 4.50. The first-order valence-corrected chi connectivity index (χ1v) is 5.12. The van der Waals surface area contributed by atoms with E-state index in [0.29, 0.717) is 5.69 Å². The molecule has 0 spiro atoms. The molecule has 1 N–H and O–H groups in total. The highest BCUT2D eigenvalue weighted by Crippen LogP contribution is 2.23. The van der Waals surface area contributed by atoms with Crippen molar-refractivity contribution in [3.8, 4) is 0 Å². The topological polar surface area (TPSA) is 55.4 Å². The lowest BCUT2D eigenvalue weighted by Gasteiger charge is -1.99. The molecule has 0 atom stereocenters. The van der Waals surface area contributed by atoms with Crippen molar-refractivity contribution in [3.63, 3.8) is 0 Å². The molecule has 1 amide bonds. The molecule has 15 heavy (non-hydrogen) atoms. The van der Waals surface area contributed by atoms with Crippen LogP contribution in [0.4, 0.5) is 5.69 Å². The first-order chi connectivity index (χ1) is 7.13. The van der Waals surface area contributed by atoms with Crippen LogP contribution in [0, 0.1) is 0 Å². The lowest BCUT2D eigenvalue weighted by Crippen LogP contribution is -2.05. The van der Waals surface area contributed by atoms with Crippen LogP contribution in [0.3, 0.4) is 0 Å². The number of anilines is 1. The van der Waals surface area contributed by atoms with Gasteiger partial charge in [-0.15, -0.1) is 11.3 Å². The zero-order valence-corrected chi connectivity index (χ0v) is 9.26. The molecule has 0 radical (unpaired) electrons. The van der Waals surface area contributed by atoms with Crippen LogP contribution in [-0.2, 0) is 14.3 Å². The Hall–Kier alpha value is -1.62. The van der Waals surface area contributed by atoms with E-state index < -0.39 is 5.97 Å². The van der Waals surface area contributed by atoms with E-state index in [1.165, 1.54) is 31.4 Å². The summed E-state index contributed by atoms with van der Waals surface area (Å²) in [5.41, 5.74) is 0.702. The number of hydrogen-bond donors (Lipinski definition) is 1. The third-order valence-corrected chi connectivity index (χ3v) is 2.46. The van der Waals surface area contributed by atoms with Crippen molar-refractivity contribution >= 4 is 35.0 Å². The second-order valence-electron chi connectivity index (χ2n) is 2.74. The molecule has 5 heteroatoms. The molecular weight excluding hydrogens is 214 g/mol. The van der Waals surface area contributed by atoms with E-state index in [1.807, 2.05) is 5.38 Å². The Morgan fingerprint density at radius 3 is 2.87 bits per heavy atom. The van der Waals surface area contributed by atoms with Crippen molar-refractivity contribution in [2.24, 2.45) is 0 Å². The summed E-state index contributed by atoms with van der Waals surface area (Å²) in [5.74, 6) is -0.557. The number of methoxy groups -OCH3 is 1. The molecule has 0 aliphatic carbocycles. The minimum absolute atomic E-state index is 0.138. The van der Waals surface area contributed by atoms with E-state index in [4.69, 9.17) is 0 Å². The highest BCUT2D eigenvalue weighted by molar-refractivity contribution is 7.11. The predicted octanol–water partition coefficient (Wildman–Crippen LogP) is 1.89. The average molecular weight is 225 g/mol. The fourth-order valence-electron chi connectivity index (χ4n) is 0.955. The smallest absolute Gasteiger partial charge is 0.330 e. The fourth-order valence-corrected chi connectivity index (χ4v) is 1.70. The first kappa shape index (κ1) is 11.5. The Labute approximate surface area is 91.6 Å². The molecule has 1 heterocycles. The summed E-state index contributed by atoms with van der Waals surface area (Å²) in [6, 6.07) is 1.78. The van der Waals surface area contributed by atoms with Crippen LogP contribution in [0.2, 0.25) is 0 Å². The van der Waals surface area contributed by atoms with Gasteiger partial charge < -0.3 is 10.1 Å². The third kappa shape index (κ3) is 3.55. The summed E-state index contributed by atoms with van der Waals surface area (Å²) >= 11 is 1.43. The van der Waals surface area contributed by atoms with Gasteiger partial charge in [-0.3, -0.25) is 4.79 Å². The maximum absolute atomic E-state index is 10.8. The second kappa shape index (κ2) is 5.31. The summed E-state index contributed by atoms with van der Waals surface area (Å²) in [6.07, 6.45) is 2.93. The van der Waals surface area contributed by atoms with Crippen molar-refractivity contribution in [1.29, 1.82) is 0 Å². The Morgan fingerprint density at radius 2 is 2.27 bits per heavy atom. The standard InChI is InChI=1S/C10H11NO3S/c1-7(12)11-8-5-6-15-9(8)3-4-10(13)14-2/h3-6H,1-2H3,(H,11,12)/b4-3+. The number of nitrogens with one attached hydrogen (secondary N) is 1. The minimum Gasteiger partial charge on any atom is -0.466 e. The van der Waals surface area contributed by atoms with Crippen molar-refractivity contribution in [2.75, 3.05) is 12.4 Å². The van der Waals surface area contributed by atoms with Crippen LogP contribution in [0.1, 0.15) is 11.8 Å². The van der Waals surface area contributed by atoms with Gasteiger partial charge in [0.15, 0.2) is 0 Å². The van der Waals surface area contributed by atoms with Gasteiger partial charge in [0.05, 0.1) is 17.7 Å². The molecule has 0 aliphatic rings. The van der Waals surface area contributed by atoms with Crippen LogP contribution < -0.4 is 5.32 Å². The quantitative estimate of drug-likeness (QED) is 0.631. The molecule has 0 aromatic carbocycles. The molecule has 80 valence electrons. The Morgan fingerprint density at radius 1 is 1.53 bits per heavy atom. The maximum atomic E-state index is 10.8. The number of esters is 1. The lowest BCUT2D eigenvalue weighted by molar-refractivity contribution is -0.134. The van der Waals surface area contributed by atoms with Crippen molar-refractivity contribution in [1.82, 2.24) is 0 Å². The zero-order chi connectivity index (χ0) is 11.3. The number of rotatable bonds is 3. The SMILES string of the molecule is COC(=O)/C=C/c1sccc1NC(C)=O. The van der Waals surface area contributed by atoms with E-state index in [9.17, 15) is 9.59 Å². The van der Waals surface area contributed by atoms with E-state index >= 15 is 0 Å².